The second-order valence-electron chi connectivity index (χ2n) is 6.33. The Hall–Kier alpha value is -2.89. The first-order valence-corrected chi connectivity index (χ1v) is 8.52. The Morgan fingerprint density at radius 3 is 2.81 bits per heavy atom. The van der Waals surface area contributed by atoms with Crippen molar-refractivity contribution in [2.75, 3.05) is 11.9 Å². The lowest BCUT2D eigenvalue weighted by Gasteiger charge is -2.10. The second-order valence-corrected chi connectivity index (χ2v) is 6.33. The maximum atomic E-state index is 13.6. The third kappa shape index (κ3) is 3.27. The van der Waals surface area contributed by atoms with Crippen LogP contribution < -0.4 is 10.1 Å². The Balaban J connectivity index is 1.44. The molecule has 3 aromatic rings. The minimum absolute atomic E-state index is 0.0839. The van der Waals surface area contributed by atoms with E-state index in [-0.39, 0.29) is 12.3 Å². The van der Waals surface area contributed by atoms with Gasteiger partial charge in [-0.05, 0) is 49.6 Å². The number of rotatable bonds is 4. The molecule has 1 aliphatic carbocycles. The van der Waals surface area contributed by atoms with Crippen molar-refractivity contribution >= 4 is 22.6 Å². The third-order valence-corrected chi connectivity index (χ3v) is 4.50. The first-order chi connectivity index (χ1) is 12.6. The van der Waals surface area contributed by atoms with Crippen LogP contribution in [0.4, 0.5) is 14.5 Å². The molecule has 1 heterocycles. The fourth-order valence-corrected chi connectivity index (χ4v) is 3.26. The number of amides is 1. The summed E-state index contributed by atoms with van der Waals surface area (Å²) in [4.78, 5) is 12.0. The molecule has 1 aromatic heterocycles. The zero-order chi connectivity index (χ0) is 18.1. The van der Waals surface area contributed by atoms with Gasteiger partial charge in [0.1, 0.15) is 28.7 Å². The van der Waals surface area contributed by atoms with E-state index in [1.807, 2.05) is 12.1 Å². The van der Waals surface area contributed by atoms with Crippen LogP contribution in [0.3, 0.4) is 0 Å². The molecule has 6 heteroatoms. The lowest BCUT2D eigenvalue weighted by atomic mass is 9.96. The van der Waals surface area contributed by atoms with Gasteiger partial charge in [0.15, 0.2) is 6.61 Å². The van der Waals surface area contributed by atoms with Gasteiger partial charge in [-0.1, -0.05) is 0 Å². The molecule has 0 bridgehead atoms. The molecule has 2 aromatic carbocycles. The number of carbonyl (C=O) groups is 1. The topological polar surface area (TPSA) is 51.5 Å². The van der Waals surface area contributed by atoms with Crippen LogP contribution in [0, 0.1) is 11.6 Å². The van der Waals surface area contributed by atoms with Gasteiger partial charge in [0.2, 0.25) is 0 Å². The summed E-state index contributed by atoms with van der Waals surface area (Å²) in [5.41, 5.74) is 1.95. The van der Waals surface area contributed by atoms with Gasteiger partial charge in [-0.3, -0.25) is 4.79 Å². The molecule has 26 heavy (non-hydrogen) atoms. The lowest BCUT2D eigenvalue weighted by molar-refractivity contribution is -0.118. The van der Waals surface area contributed by atoms with Crippen molar-refractivity contribution in [2.24, 2.45) is 0 Å². The Bertz CT molecular complexity index is 981. The normalized spacial score (nSPS) is 13.5. The highest BCUT2D eigenvalue weighted by molar-refractivity contribution is 5.92. The van der Waals surface area contributed by atoms with Gasteiger partial charge in [0.25, 0.3) is 5.91 Å². The Labute approximate surface area is 148 Å². The molecule has 0 atom stereocenters. The highest BCUT2D eigenvalue weighted by Crippen LogP contribution is 2.33. The number of anilines is 1. The van der Waals surface area contributed by atoms with E-state index in [4.69, 9.17) is 9.15 Å². The van der Waals surface area contributed by atoms with Crippen LogP contribution in [0.25, 0.3) is 11.0 Å². The molecule has 4 nitrogen and oxygen atoms in total. The number of furan rings is 1. The average Bonchev–Trinajstić information content (AvgIpc) is 3.00. The van der Waals surface area contributed by atoms with E-state index in [2.05, 4.69) is 5.32 Å². The van der Waals surface area contributed by atoms with E-state index in [1.54, 1.807) is 6.07 Å². The average molecular weight is 357 g/mol. The lowest BCUT2D eigenvalue weighted by Crippen LogP contribution is -2.20. The predicted octanol–water partition coefficient (Wildman–Crippen LogP) is 4.61. The maximum absolute atomic E-state index is 13.6. The molecule has 1 amide bonds. The quantitative estimate of drug-likeness (QED) is 0.742. The van der Waals surface area contributed by atoms with Gasteiger partial charge in [-0.15, -0.1) is 0 Å². The molecule has 0 spiro atoms. The van der Waals surface area contributed by atoms with Crippen LogP contribution in [0.2, 0.25) is 0 Å². The van der Waals surface area contributed by atoms with Crippen LogP contribution in [-0.4, -0.2) is 12.5 Å². The van der Waals surface area contributed by atoms with Crippen molar-refractivity contribution in [3.63, 3.8) is 0 Å². The van der Waals surface area contributed by atoms with Gasteiger partial charge in [-0.25, -0.2) is 8.78 Å². The van der Waals surface area contributed by atoms with E-state index >= 15 is 0 Å². The molecular weight excluding hydrogens is 340 g/mol. The summed E-state index contributed by atoms with van der Waals surface area (Å²) in [6.45, 7) is -0.275. The molecule has 1 aliphatic rings. The number of hydrogen-bond acceptors (Lipinski definition) is 3. The molecule has 0 saturated carbocycles. The number of ether oxygens (including phenoxy) is 1. The fourth-order valence-electron chi connectivity index (χ4n) is 3.26. The maximum Gasteiger partial charge on any atom is 0.262 e. The summed E-state index contributed by atoms with van der Waals surface area (Å²) < 4.78 is 37.8. The van der Waals surface area contributed by atoms with Crippen molar-refractivity contribution in [3.8, 4) is 5.75 Å². The number of aryl methyl sites for hydroxylation is 2. The minimum Gasteiger partial charge on any atom is -0.484 e. The van der Waals surface area contributed by atoms with E-state index in [9.17, 15) is 13.6 Å². The highest BCUT2D eigenvalue weighted by Gasteiger charge is 2.18. The van der Waals surface area contributed by atoms with Crippen molar-refractivity contribution < 1.29 is 22.7 Å². The summed E-state index contributed by atoms with van der Waals surface area (Å²) in [6.07, 6.45) is 4.20. The number of fused-ring (bicyclic) bond motifs is 3. The van der Waals surface area contributed by atoms with Gasteiger partial charge >= 0.3 is 0 Å². The zero-order valence-electron chi connectivity index (χ0n) is 14.0. The summed E-state index contributed by atoms with van der Waals surface area (Å²) >= 11 is 0. The van der Waals surface area contributed by atoms with Crippen molar-refractivity contribution in [2.45, 2.75) is 25.7 Å². The molecule has 134 valence electrons. The van der Waals surface area contributed by atoms with Crippen LogP contribution in [0.1, 0.15) is 24.2 Å². The molecular formula is C20H17F2NO3. The molecule has 1 N–H and O–H groups in total. The Kier molecular flexibility index (Phi) is 4.32. The van der Waals surface area contributed by atoms with E-state index in [0.717, 1.165) is 48.5 Å². The number of halogens is 2. The molecule has 0 fully saturated rings. The predicted molar refractivity (Wildman–Crippen MR) is 93.3 cm³/mol. The monoisotopic (exact) mass is 357 g/mol. The SMILES string of the molecule is O=C(COc1ccc2oc3c(c2c1)CCCC3)Nc1ccc(F)cc1F. The number of benzene rings is 2. The molecule has 0 aliphatic heterocycles. The number of nitrogens with one attached hydrogen (secondary N) is 1. The zero-order valence-corrected chi connectivity index (χ0v) is 14.0. The summed E-state index contributed by atoms with van der Waals surface area (Å²) in [5, 5.41) is 3.38. The van der Waals surface area contributed by atoms with Gasteiger partial charge in [0.05, 0.1) is 5.69 Å². The van der Waals surface area contributed by atoms with Crippen LogP contribution in [0.15, 0.2) is 40.8 Å². The molecule has 0 saturated heterocycles. The van der Waals surface area contributed by atoms with Crippen LogP contribution >= 0.6 is 0 Å². The van der Waals surface area contributed by atoms with Gasteiger partial charge in [-0.2, -0.15) is 0 Å². The fraction of sp³-hybridized carbons (Fsp3) is 0.250. The summed E-state index contributed by atoms with van der Waals surface area (Å²) in [7, 11) is 0. The standard InChI is InChI=1S/C20H17F2NO3/c21-12-5-7-17(16(22)9-12)23-20(24)11-25-13-6-8-19-15(10-13)14-3-1-2-4-18(14)26-19/h5-10H,1-4,11H2,(H,23,24). The minimum atomic E-state index is -0.829. The number of carbonyl (C=O) groups excluding carboxylic acids is 1. The van der Waals surface area contributed by atoms with Crippen LogP contribution in [-0.2, 0) is 17.6 Å². The summed E-state index contributed by atoms with van der Waals surface area (Å²) in [6, 6.07) is 8.41. The summed E-state index contributed by atoms with van der Waals surface area (Å²) in [5.74, 6) is -0.475. The van der Waals surface area contributed by atoms with Crippen molar-refractivity contribution in [1.82, 2.24) is 0 Å². The van der Waals surface area contributed by atoms with Crippen molar-refractivity contribution in [3.05, 3.63) is 59.4 Å². The first-order valence-electron chi connectivity index (χ1n) is 8.52. The first kappa shape index (κ1) is 16.6. The highest BCUT2D eigenvalue weighted by atomic mass is 19.1. The van der Waals surface area contributed by atoms with Gasteiger partial charge in [0, 0.05) is 23.4 Å². The largest absolute Gasteiger partial charge is 0.484 e. The molecule has 0 radical (unpaired) electrons. The third-order valence-electron chi connectivity index (χ3n) is 4.50. The number of hydrogen-bond donors (Lipinski definition) is 1. The van der Waals surface area contributed by atoms with E-state index in [0.29, 0.717) is 11.8 Å². The van der Waals surface area contributed by atoms with E-state index in [1.165, 1.54) is 11.6 Å². The van der Waals surface area contributed by atoms with Crippen LogP contribution in [0.5, 0.6) is 5.75 Å². The van der Waals surface area contributed by atoms with Crippen molar-refractivity contribution in [1.29, 1.82) is 0 Å². The second kappa shape index (κ2) is 6.78. The Morgan fingerprint density at radius 2 is 1.96 bits per heavy atom. The molecule has 4 rings (SSSR count). The Morgan fingerprint density at radius 1 is 1.12 bits per heavy atom. The van der Waals surface area contributed by atoms with E-state index < -0.39 is 17.5 Å². The smallest absolute Gasteiger partial charge is 0.262 e. The molecule has 0 unspecified atom stereocenters. The van der Waals surface area contributed by atoms with Gasteiger partial charge < -0.3 is 14.5 Å².